The molecule has 5 nitrogen and oxygen atoms in total. The molecule has 0 aromatic carbocycles. The Morgan fingerprint density at radius 1 is 1.47 bits per heavy atom. The lowest BCUT2D eigenvalue weighted by atomic mass is 9.87. The van der Waals surface area contributed by atoms with Gasteiger partial charge in [0.25, 0.3) is 0 Å². The average Bonchev–Trinajstić information content (AvgIpc) is 2.37. The zero-order valence-electron chi connectivity index (χ0n) is 12.6. The molecule has 5 heteroatoms. The zero-order chi connectivity index (χ0) is 14.4. The van der Waals surface area contributed by atoms with Crippen molar-refractivity contribution in [1.82, 2.24) is 10.2 Å². The van der Waals surface area contributed by atoms with E-state index >= 15 is 0 Å². The average molecular weight is 272 g/mol. The third kappa shape index (κ3) is 5.37. The molecule has 112 valence electrons. The maximum Gasteiger partial charge on any atom is 0.407 e. The second-order valence-electron chi connectivity index (χ2n) is 5.83. The van der Waals surface area contributed by atoms with E-state index in [0.717, 1.165) is 32.5 Å². The monoisotopic (exact) mass is 272 g/mol. The summed E-state index contributed by atoms with van der Waals surface area (Å²) in [7, 11) is 1.38. The molecule has 1 amide bonds. The number of nitrogens with zero attached hydrogens (tertiary/aromatic N) is 1. The number of alkyl carbamates (subject to hydrolysis) is 1. The molecule has 0 aliphatic carbocycles. The van der Waals surface area contributed by atoms with Crippen molar-refractivity contribution in [1.29, 1.82) is 0 Å². The van der Waals surface area contributed by atoms with Crippen LogP contribution in [0.5, 0.6) is 0 Å². The number of aliphatic hydroxyl groups excluding tert-OH is 1. The fourth-order valence-electron chi connectivity index (χ4n) is 2.68. The maximum atomic E-state index is 11.3. The standard InChI is InChI=1S/C14H28N2O3/c1-5-16-8-11(7-13(17)10(2)3)6-12(9-16)15-14(18)19-4/h10-13,17H,5-9H2,1-4H3,(H,15,18). The molecular formula is C14H28N2O3. The Kier molecular flexibility index (Phi) is 6.58. The zero-order valence-corrected chi connectivity index (χ0v) is 12.6. The lowest BCUT2D eigenvalue weighted by molar-refractivity contribution is 0.0624. The molecule has 1 fully saturated rings. The van der Waals surface area contributed by atoms with E-state index in [1.165, 1.54) is 7.11 Å². The van der Waals surface area contributed by atoms with Gasteiger partial charge in [-0.2, -0.15) is 0 Å². The van der Waals surface area contributed by atoms with Crippen LogP contribution in [0, 0.1) is 11.8 Å². The third-order valence-electron chi connectivity index (χ3n) is 3.91. The Bertz CT molecular complexity index is 284. The van der Waals surface area contributed by atoms with Crippen LogP contribution >= 0.6 is 0 Å². The molecular weight excluding hydrogens is 244 g/mol. The minimum absolute atomic E-state index is 0.116. The first-order chi connectivity index (χ1) is 8.96. The van der Waals surface area contributed by atoms with Crippen LogP contribution in [-0.4, -0.2) is 55.0 Å². The first-order valence-corrected chi connectivity index (χ1v) is 7.21. The molecule has 1 heterocycles. The smallest absolute Gasteiger partial charge is 0.407 e. The summed E-state index contributed by atoms with van der Waals surface area (Å²) in [5.74, 6) is 0.706. The van der Waals surface area contributed by atoms with Gasteiger partial charge in [0, 0.05) is 19.1 Å². The van der Waals surface area contributed by atoms with Crippen molar-refractivity contribution in [2.45, 2.75) is 45.8 Å². The molecule has 3 atom stereocenters. The Morgan fingerprint density at radius 2 is 2.16 bits per heavy atom. The van der Waals surface area contributed by atoms with Gasteiger partial charge in [-0.3, -0.25) is 0 Å². The van der Waals surface area contributed by atoms with Crippen LogP contribution in [0.15, 0.2) is 0 Å². The predicted octanol–water partition coefficient (Wildman–Crippen LogP) is 1.46. The number of carbonyl (C=O) groups is 1. The van der Waals surface area contributed by atoms with E-state index in [1.807, 2.05) is 13.8 Å². The topological polar surface area (TPSA) is 61.8 Å². The number of hydrogen-bond acceptors (Lipinski definition) is 4. The number of piperidine rings is 1. The Balaban J connectivity index is 2.54. The van der Waals surface area contributed by atoms with E-state index in [9.17, 15) is 9.90 Å². The molecule has 0 aromatic rings. The summed E-state index contributed by atoms with van der Waals surface area (Å²) >= 11 is 0. The molecule has 3 unspecified atom stereocenters. The van der Waals surface area contributed by atoms with Gasteiger partial charge in [-0.05, 0) is 31.2 Å². The number of carbonyl (C=O) groups excluding carboxylic acids is 1. The van der Waals surface area contributed by atoms with Crippen LogP contribution in [-0.2, 0) is 4.74 Å². The second-order valence-corrected chi connectivity index (χ2v) is 5.83. The largest absolute Gasteiger partial charge is 0.453 e. The second kappa shape index (κ2) is 7.70. The number of nitrogens with one attached hydrogen (secondary N) is 1. The van der Waals surface area contributed by atoms with E-state index in [2.05, 4.69) is 21.9 Å². The van der Waals surface area contributed by atoms with Crippen molar-refractivity contribution < 1.29 is 14.6 Å². The Hall–Kier alpha value is -0.810. The maximum absolute atomic E-state index is 11.3. The summed E-state index contributed by atoms with van der Waals surface area (Å²) in [6, 6.07) is 0.116. The number of hydrogen-bond donors (Lipinski definition) is 2. The van der Waals surface area contributed by atoms with Crippen LogP contribution in [0.25, 0.3) is 0 Å². The number of ether oxygens (including phenoxy) is 1. The number of aliphatic hydroxyl groups is 1. The summed E-state index contributed by atoms with van der Waals surface area (Å²) < 4.78 is 4.66. The molecule has 1 rings (SSSR count). The van der Waals surface area contributed by atoms with Gasteiger partial charge in [0.15, 0.2) is 0 Å². The lowest BCUT2D eigenvalue weighted by Crippen LogP contribution is -2.51. The lowest BCUT2D eigenvalue weighted by Gasteiger charge is -2.38. The molecule has 0 saturated carbocycles. The number of likely N-dealkylation sites (tertiary alicyclic amines) is 1. The van der Waals surface area contributed by atoms with Gasteiger partial charge >= 0.3 is 6.09 Å². The summed E-state index contributed by atoms with van der Waals surface area (Å²) in [5, 5.41) is 12.9. The summed E-state index contributed by atoms with van der Waals surface area (Å²) in [6.45, 7) is 9.02. The van der Waals surface area contributed by atoms with Gasteiger partial charge in [-0.15, -0.1) is 0 Å². The minimum Gasteiger partial charge on any atom is -0.453 e. The van der Waals surface area contributed by atoms with Gasteiger partial charge < -0.3 is 20.1 Å². The van der Waals surface area contributed by atoms with Gasteiger partial charge in [0.2, 0.25) is 0 Å². The van der Waals surface area contributed by atoms with Crippen LogP contribution in [0.3, 0.4) is 0 Å². The van der Waals surface area contributed by atoms with E-state index in [0.29, 0.717) is 5.92 Å². The van der Waals surface area contributed by atoms with Gasteiger partial charge in [-0.25, -0.2) is 4.79 Å². The van der Waals surface area contributed by atoms with Gasteiger partial charge in [0.1, 0.15) is 0 Å². The Morgan fingerprint density at radius 3 is 2.68 bits per heavy atom. The van der Waals surface area contributed by atoms with Crippen LogP contribution in [0.1, 0.15) is 33.6 Å². The Labute approximate surface area is 116 Å². The molecule has 1 aliphatic heterocycles. The molecule has 1 aliphatic rings. The van der Waals surface area contributed by atoms with E-state index in [4.69, 9.17) is 0 Å². The number of likely N-dealkylation sites (N-methyl/N-ethyl adjacent to an activating group) is 1. The van der Waals surface area contributed by atoms with Crippen molar-refractivity contribution in [3.8, 4) is 0 Å². The first-order valence-electron chi connectivity index (χ1n) is 7.21. The van der Waals surface area contributed by atoms with Crippen molar-refractivity contribution >= 4 is 6.09 Å². The van der Waals surface area contributed by atoms with Crippen LogP contribution in [0.2, 0.25) is 0 Å². The molecule has 19 heavy (non-hydrogen) atoms. The first kappa shape index (κ1) is 16.2. The van der Waals surface area contributed by atoms with Gasteiger partial charge in [-0.1, -0.05) is 20.8 Å². The van der Waals surface area contributed by atoms with Crippen molar-refractivity contribution in [2.24, 2.45) is 11.8 Å². The third-order valence-corrected chi connectivity index (χ3v) is 3.91. The summed E-state index contributed by atoms with van der Waals surface area (Å²) in [4.78, 5) is 13.6. The molecule has 0 bridgehead atoms. The number of rotatable bonds is 5. The highest BCUT2D eigenvalue weighted by Crippen LogP contribution is 2.23. The predicted molar refractivity (Wildman–Crippen MR) is 75.0 cm³/mol. The van der Waals surface area contributed by atoms with Crippen molar-refractivity contribution in [3.63, 3.8) is 0 Å². The number of amides is 1. The molecule has 1 saturated heterocycles. The highest BCUT2D eigenvalue weighted by atomic mass is 16.5. The highest BCUT2D eigenvalue weighted by molar-refractivity contribution is 5.67. The highest BCUT2D eigenvalue weighted by Gasteiger charge is 2.29. The SMILES string of the molecule is CCN1CC(CC(O)C(C)C)CC(NC(=O)OC)C1. The van der Waals surface area contributed by atoms with E-state index < -0.39 is 0 Å². The van der Waals surface area contributed by atoms with Crippen LogP contribution in [0.4, 0.5) is 4.79 Å². The fourth-order valence-corrected chi connectivity index (χ4v) is 2.68. The summed E-state index contributed by atoms with van der Waals surface area (Å²) in [6.07, 6.45) is 1.08. The summed E-state index contributed by atoms with van der Waals surface area (Å²) in [5.41, 5.74) is 0. The quantitative estimate of drug-likeness (QED) is 0.795. The fraction of sp³-hybridized carbons (Fsp3) is 0.929. The normalized spacial score (nSPS) is 26.2. The van der Waals surface area contributed by atoms with Gasteiger partial charge in [0.05, 0.1) is 13.2 Å². The molecule has 2 N–H and O–H groups in total. The van der Waals surface area contributed by atoms with E-state index in [-0.39, 0.29) is 24.2 Å². The van der Waals surface area contributed by atoms with Crippen molar-refractivity contribution in [3.05, 3.63) is 0 Å². The van der Waals surface area contributed by atoms with E-state index in [1.54, 1.807) is 0 Å². The van der Waals surface area contributed by atoms with Crippen molar-refractivity contribution in [2.75, 3.05) is 26.7 Å². The molecule has 0 spiro atoms. The van der Waals surface area contributed by atoms with Crippen LogP contribution < -0.4 is 5.32 Å². The number of methoxy groups -OCH3 is 1. The minimum atomic E-state index is -0.369. The molecule has 0 aromatic heterocycles. The molecule has 0 radical (unpaired) electrons.